The Bertz CT molecular complexity index is 469. The highest BCUT2D eigenvalue weighted by molar-refractivity contribution is 5.76. The fourth-order valence-electron chi connectivity index (χ4n) is 2.29. The minimum Gasteiger partial charge on any atom is -0.399 e. The van der Waals surface area contributed by atoms with Crippen molar-refractivity contribution in [3.63, 3.8) is 0 Å². The first-order valence-corrected chi connectivity index (χ1v) is 6.61. The average molecular weight is 261 g/mol. The first kappa shape index (κ1) is 13.5. The molecule has 2 rings (SSSR count). The van der Waals surface area contributed by atoms with Gasteiger partial charge in [-0.1, -0.05) is 0 Å². The molecule has 1 aliphatic rings. The van der Waals surface area contributed by atoms with Crippen LogP contribution in [0.4, 0.5) is 11.4 Å². The Morgan fingerprint density at radius 3 is 2.84 bits per heavy atom. The van der Waals surface area contributed by atoms with Gasteiger partial charge in [0.25, 0.3) is 0 Å². The highest BCUT2D eigenvalue weighted by Gasteiger charge is 2.23. The van der Waals surface area contributed by atoms with Gasteiger partial charge in [0.1, 0.15) is 0 Å². The molecule has 1 saturated heterocycles. The van der Waals surface area contributed by atoms with Crippen molar-refractivity contribution in [3.05, 3.63) is 23.8 Å². The highest BCUT2D eigenvalue weighted by atomic mass is 15.3. The summed E-state index contributed by atoms with van der Waals surface area (Å²) in [5.74, 6) is 0.473. The fraction of sp³-hybridized carbons (Fsp3) is 0.500. The third kappa shape index (κ3) is 3.10. The molecule has 0 amide bonds. The van der Waals surface area contributed by atoms with Gasteiger partial charge in [-0.15, -0.1) is 0 Å². The molecule has 0 saturated carbocycles. The molecule has 0 bridgehead atoms. The van der Waals surface area contributed by atoms with Crippen LogP contribution in [0.1, 0.15) is 12.0 Å². The standard InChI is InChI=1S/C14H23N5/c1-10-8-12(4-5-13(10)15)19-7-6-11(9-19)17-14(16)18(2)3/h4-5,8,11H,6-7,9,15H2,1-3H3,(H2,16,17). The van der Waals surface area contributed by atoms with Crippen LogP contribution < -0.4 is 16.0 Å². The number of nitrogen functional groups attached to an aromatic ring is 1. The van der Waals surface area contributed by atoms with Gasteiger partial charge in [0, 0.05) is 44.6 Å². The van der Waals surface area contributed by atoms with Gasteiger partial charge < -0.3 is 20.9 Å². The Kier molecular flexibility index (Phi) is 3.83. The molecule has 0 aliphatic carbocycles. The van der Waals surface area contributed by atoms with Crippen LogP contribution in [0, 0.1) is 12.3 Å². The number of hydrogen-bond donors (Lipinski definition) is 3. The summed E-state index contributed by atoms with van der Waals surface area (Å²) in [5, 5.41) is 11.1. The predicted molar refractivity (Wildman–Crippen MR) is 80.8 cm³/mol. The van der Waals surface area contributed by atoms with Crippen molar-refractivity contribution in [1.29, 1.82) is 5.41 Å². The molecule has 0 spiro atoms. The number of benzene rings is 1. The molecule has 1 unspecified atom stereocenters. The second-order valence-electron chi connectivity index (χ2n) is 5.36. The van der Waals surface area contributed by atoms with Crippen LogP contribution in [-0.4, -0.2) is 44.1 Å². The fourth-order valence-corrected chi connectivity index (χ4v) is 2.29. The van der Waals surface area contributed by atoms with E-state index in [0.29, 0.717) is 12.0 Å². The van der Waals surface area contributed by atoms with E-state index in [9.17, 15) is 0 Å². The van der Waals surface area contributed by atoms with E-state index in [2.05, 4.69) is 22.3 Å². The van der Waals surface area contributed by atoms with E-state index in [1.54, 1.807) is 4.90 Å². The maximum atomic E-state index is 7.82. The van der Waals surface area contributed by atoms with Gasteiger partial charge in [-0.05, 0) is 37.1 Å². The Labute approximate surface area is 114 Å². The Morgan fingerprint density at radius 2 is 2.21 bits per heavy atom. The van der Waals surface area contributed by atoms with Crippen LogP contribution in [0.15, 0.2) is 18.2 Å². The largest absolute Gasteiger partial charge is 0.399 e. The highest BCUT2D eigenvalue weighted by Crippen LogP contribution is 2.24. The smallest absolute Gasteiger partial charge is 0.190 e. The molecule has 5 heteroatoms. The molecule has 1 aliphatic heterocycles. The molecular weight excluding hydrogens is 238 g/mol. The second-order valence-corrected chi connectivity index (χ2v) is 5.36. The molecule has 104 valence electrons. The molecule has 0 aromatic heterocycles. The van der Waals surface area contributed by atoms with Crippen molar-refractivity contribution in [1.82, 2.24) is 10.2 Å². The summed E-state index contributed by atoms with van der Waals surface area (Å²) in [4.78, 5) is 4.13. The lowest BCUT2D eigenvalue weighted by Gasteiger charge is -2.22. The lowest BCUT2D eigenvalue weighted by Crippen LogP contribution is -2.43. The molecule has 0 radical (unpaired) electrons. The van der Waals surface area contributed by atoms with Crippen molar-refractivity contribution < 1.29 is 0 Å². The van der Waals surface area contributed by atoms with Gasteiger partial charge in [0.05, 0.1) is 0 Å². The zero-order valence-electron chi connectivity index (χ0n) is 11.9. The topological polar surface area (TPSA) is 68.4 Å². The monoisotopic (exact) mass is 261 g/mol. The summed E-state index contributed by atoms with van der Waals surface area (Å²) < 4.78 is 0. The minimum atomic E-state index is 0.341. The Hall–Kier alpha value is -1.91. The van der Waals surface area contributed by atoms with Crippen LogP contribution in [0.5, 0.6) is 0 Å². The first-order chi connectivity index (χ1) is 8.97. The molecule has 1 aromatic rings. The summed E-state index contributed by atoms with van der Waals surface area (Å²) in [5.41, 5.74) is 9.02. The van der Waals surface area contributed by atoms with Crippen LogP contribution in [-0.2, 0) is 0 Å². The average Bonchev–Trinajstić information content (AvgIpc) is 2.81. The lowest BCUT2D eigenvalue weighted by molar-refractivity contribution is 0.545. The zero-order chi connectivity index (χ0) is 14.0. The maximum Gasteiger partial charge on any atom is 0.190 e. The number of anilines is 2. The van der Waals surface area contributed by atoms with E-state index < -0.39 is 0 Å². The molecule has 19 heavy (non-hydrogen) atoms. The predicted octanol–water partition coefficient (Wildman–Crippen LogP) is 1.24. The zero-order valence-corrected chi connectivity index (χ0v) is 11.9. The number of rotatable bonds is 2. The number of nitrogens with two attached hydrogens (primary N) is 1. The number of nitrogens with zero attached hydrogens (tertiary/aromatic N) is 2. The summed E-state index contributed by atoms with van der Waals surface area (Å²) in [6.45, 7) is 3.98. The van der Waals surface area contributed by atoms with E-state index in [1.165, 1.54) is 5.69 Å². The third-order valence-corrected chi connectivity index (χ3v) is 3.59. The molecular formula is C14H23N5. The van der Waals surface area contributed by atoms with Crippen molar-refractivity contribution >= 4 is 17.3 Å². The van der Waals surface area contributed by atoms with E-state index in [0.717, 1.165) is 30.8 Å². The van der Waals surface area contributed by atoms with Crippen LogP contribution in [0.3, 0.4) is 0 Å². The van der Waals surface area contributed by atoms with Crippen molar-refractivity contribution in [3.8, 4) is 0 Å². The van der Waals surface area contributed by atoms with E-state index in [-0.39, 0.29) is 0 Å². The van der Waals surface area contributed by atoms with Gasteiger partial charge in [-0.3, -0.25) is 5.41 Å². The van der Waals surface area contributed by atoms with Gasteiger partial charge in [-0.2, -0.15) is 0 Å². The number of hydrogen-bond acceptors (Lipinski definition) is 3. The van der Waals surface area contributed by atoms with Gasteiger partial charge in [0.15, 0.2) is 5.96 Å². The number of guanidine groups is 1. The van der Waals surface area contributed by atoms with Crippen LogP contribution in [0.2, 0.25) is 0 Å². The van der Waals surface area contributed by atoms with Gasteiger partial charge >= 0.3 is 0 Å². The quantitative estimate of drug-likeness (QED) is 0.426. The second kappa shape index (κ2) is 5.38. The molecule has 1 atom stereocenters. The van der Waals surface area contributed by atoms with Crippen LogP contribution in [0.25, 0.3) is 0 Å². The van der Waals surface area contributed by atoms with Crippen LogP contribution >= 0.6 is 0 Å². The summed E-state index contributed by atoms with van der Waals surface area (Å²) >= 11 is 0. The number of nitrogens with one attached hydrogen (secondary N) is 2. The molecule has 4 N–H and O–H groups in total. The minimum absolute atomic E-state index is 0.341. The summed E-state index contributed by atoms with van der Waals surface area (Å²) in [6, 6.07) is 6.51. The van der Waals surface area contributed by atoms with Gasteiger partial charge in [0.2, 0.25) is 0 Å². The lowest BCUT2D eigenvalue weighted by atomic mass is 10.2. The van der Waals surface area contributed by atoms with Crippen molar-refractivity contribution in [2.75, 3.05) is 37.8 Å². The molecule has 5 nitrogen and oxygen atoms in total. The van der Waals surface area contributed by atoms with Crippen molar-refractivity contribution in [2.45, 2.75) is 19.4 Å². The Morgan fingerprint density at radius 1 is 1.47 bits per heavy atom. The van der Waals surface area contributed by atoms with Gasteiger partial charge in [-0.25, -0.2) is 0 Å². The Balaban J connectivity index is 1.98. The normalized spacial score (nSPS) is 18.5. The van der Waals surface area contributed by atoms with E-state index in [1.807, 2.05) is 27.1 Å². The third-order valence-electron chi connectivity index (χ3n) is 3.59. The maximum absolute atomic E-state index is 7.82. The molecule has 1 heterocycles. The van der Waals surface area contributed by atoms with Crippen molar-refractivity contribution in [2.24, 2.45) is 0 Å². The van der Waals surface area contributed by atoms with E-state index in [4.69, 9.17) is 11.1 Å². The summed E-state index contributed by atoms with van der Waals surface area (Å²) in [6.07, 6.45) is 1.06. The summed E-state index contributed by atoms with van der Waals surface area (Å²) in [7, 11) is 3.76. The first-order valence-electron chi connectivity index (χ1n) is 6.61. The SMILES string of the molecule is Cc1cc(N2CCC(NC(=N)N(C)C)C2)ccc1N. The number of aryl methyl sites for hydroxylation is 1. The molecule has 1 fully saturated rings. The molecule has 1 aromatic carbocycles. The van der Waals surface area contributed by atoms with E-state index >= 15 is 0 Å².